The van der Waals surface area contributed by atoms with E-state index in [2.05, 4.69) is 69.7 Å². The van der Waals surface area contributed by atoms with Gasteiger partial charge in [0.2, 0.25) is 0 Å². The third kappa shape index (κ3) is 5.46. The number of hydrogen-bond donors (Lipinski definition) is 0. The maximum absolute atomic E-state index is 2.55. The molecule has 3 heteroatoms. The van der Waals surface area contributed by atoms with Crippen LogP contribution in [0.5, 0.6) is 0 Å². The van der Waals surface area contributed by atoms with Gasteiger partial charge in [0.25, 0.3) is 0 Å². The molecular weight excluding hydrogens is 375 g/mol. The van der Waals surface area contributed by atoms with Crippen LogP contribution in [0.15, 0.2) is 46.3 Å². The Balaban J connectivity index is 1.81. The first-order valence-electron chi connectivity index (χ1n) is 11.2. The van der Waals surface area contributed by atoms with Crippen LogP contribution < -0.4 is 0 Å². The van der Waals surface area contributed by atoms with Gasteiger partial charge in [0.05, 0.1) is 16.1 Å². The van der Waals surface area contributed by atoms with Gasteiger partial charge in [-0.05, 0) is 48.7 Å². The Bertz CT molecular complexity index is 649. The highest BCUT2D eigenvalue weighted by atomic mass is 31.1. The lowest BCUT2D eigenvalue weighted by molar-refractivity contribution is 0.510. The molecule has 0 aromatic carbocycles. The van der Waals surface area contributed by atoms with Crippen molar-refractivity contribution in [3.8, 4) is 0 Å². The van der Waals surface area contributed by atoms with Crippen LogP contribution in [0.25, 0.3) is 0 Å². The zero-order chi connectivity index (χ0) is 19.7. The third-order valence-corrected chi connectivity index (χ3v) is 14.5. The van der Waals surface area contributed by atoms with E-state index >= 15 is 0 Å². The van der Waals surface area contributed by atoms with Gasteiger partial charge in [-0.3, -0.25) is 0 Å². The van der Waals surface area contributed by atoms with Crippen LogP contribution in [0.4, 0.5) is 0 Å². The van der Waals surface area contributed by atoms with Crippen LogP contribution in [0.3, 0.4) is 0 Å². The lowest BCUT2D eigenvalue weighted by Crippen LogP contribution is -2.30. The molecule has 0 amide bonds. The van der Waals surface area contributed by atoms with Crippen molar-refractivity contribution in [2.24, 2.45) is 5.92 Å². The van der Waals surface area contributed by atoms with Crippen molar-refractivity contribution in [1.82, 2.24) is 0 Å². The molecule has 1 saturated carbocycles. The molecule has 0 saturated heterocycles. The largest absolute Gasteiger partial charge is 0.0982 e. The maximum Gasteiger partial charge on any atom is 0.0732 e. The summed E-state index contributed by atoms with van der Waals surface area (Å²) in [5.74, 6) is 0.756. The summed E-state index contributed by atoms with van der Waals surface area (Å²) in [6.45, 7) is 15.2. The van der Waals surface area contributed by atoms with Gasteiger partial charge in [0.15, 0.2) is 0 Å². The standard InChI is InChI=1S/C24H41PSi2/c1-26(2,3)23-16-10-12-20(23)18-25(22-14-8-7-9-15-22)19-21-13-11-17-24(21)27(4,5)6/h10-13,16,20,22H,7-9,14-15,17-19H2,1-6H3. The Morgan fingerprint density at radius 3 is 2.30 bits per heavy atom. The minimum absolute atomic E-state index is 0.0948. The van der Waals surface area contributed by atoms with Crippen molar-refractivity contribution in [3.05, 3.63) is 46.3 Å². The van der Waals surface area contributed by atoms with Gasteiger partial charge >= 0.3 is 0 Å². The summed E-state index contributed by atoms with van der Waals surface area (Å²) in [4.78, 5) is 0. The molecule has 2 unspecified atom stereocenters. The van der Waals surface area contributed by atoms with Crippen molar-refractivity contribution < 1.29 is 0 Å². The first-order valence-corrected chi connectivity index (χ1v) is 20.0. The number of hydrogen-bond acceptors (Lipinski definition) is 0. The second kappa shape index (κ2) is 8.68. The Labute approximate surface area is 172 Å². The van der Waals surface area contributed by atoms with Crippen LogP contribution in [-0.2, 0) is 0 Å². The first kappa shape index (κ1) is 21.5. The van der Waals surface area contributed by atoms with Crippen LogP contribution in [-0.4, -0.2) is 34.1 Å². The van der Waals surface area contributed by atoms with Gasteiger partial charge in [-0.1, -0.05) is 107 Å². The van der Waals surface area contributed by atoms with Crippen molar-refractivity contribution >= 4 is 24.1 Å². The molecule has 0 spiro atoms. The fraction of sp³-hybridized carbons (Fsp3) is 0.667. The van der Waals surface area contributed by atoms with Crippen molar-refractivity contribution in [2.45, 2.75) is 83.5 Å². The lowest BCUT2D eigenvalue weighted by Gasteiger charge is -2.35. The Morgan fingerprint density at radius 2 is 1.67 bits per heavy atom. The normalized spacial score (nSPS) is 25.4. The third-order valence-electron chi connectivity index (χ3n) is 6.71. The molecule has 0 bridgehead atoms. The van der Waals surface area contributed by atoms with Gasteiger partial charge in [-0.15, -0.1) is 0 Å². The molecule has 2 atom stereocenters. The Hall–Kier alpha value is -0.176. The number of allylic oxidation sites excluding steroid dienone is 8. The van der Waals surface area contributed by atoms with Crippen LogP contribution in [0.2, 0.25) is 39.3 Å². The highest BCUT2D eigenvalue weighted by Gasteiger charge is 2.33. The van der Waals surface area contributed by atoms with E-state index in [0.717, 1.165) is 11.6 Å². The second-order valence-electron chi connectivity index (χ2n) is 10.9. The quantitative estimate of drug-likeness (QED) is 0.292. The highest BCUT2D eigenvalue weighted by molar-refractivity contribution is 7.58. The lowest BCUT2D eigenvalue weighted by atomic mass is 10.0. The molecule has 0 radical (unpaired) electrons. The summed E-state index contributed by atoms with van der Waals surface area (Å²) < 4.78 is 0. The maximum atomic E-state index is 2.55. The van der Waals surface area contributed by atoms with E-state index in [1.54, 1.807) is 5.57 Å². The average molecular weight is 417 g/mol. The van der Waals surface area contributed by atoms with Crippen LogP contribution >= 0.6 is 7.92 Å². The molecule has 0 N–H and O–H groups in total. The van der Waals surface area contributed by atoms with Crippen molar-refractivity contribution in [2.75, 3.05) is 12.3 Å². The van der Waals surface area contributed by atoms with Gasteiger partial charge in [-0.25, -0.2) is 0 Å². The zero-order valence-electron chi connectivity index (χ0n) is 18.6. The summed E-state index contributed by atoms with van der Waals surface area (Å²) in [5.41, 5.74) is 2.79. The van der Waals surface area contributed by atoms with Gasteiger partial charge in [-0.2, -0.15) is 0 Å². The molecule has 0 nitrogen and oxygen atoms in total. The second-order valence-corrected chi connectivity index (χ2v) is 23.7. The fourth-order valence-corrected chi connectivity index (χ4v) is 12.7. The van der Waals surface area contributed by atoms with Gasteiger partial charge < -0.3 is 0 Å². The minimum Gasteiger partial charge on any atom is -0.0982 e. The molecule has 1 fully saturated rings. The predicted octanol–water partition coefficient (Wildman–Crippen LogP) is 7.92. The molecule has 0 aliphatic heterocycles. The van der Waals surface area contributed by atoms with E-state index < -0.39 is 16.1 Å². The van der Waals surface area contributed by atoms with Crippen LogP contribution in [0.1, 0.15) is 38.5 Å². The SMILES string of the molecule is C[Si](C)(C)C1=CC=CC1CP(CC1=C([Si](C)(C)C)CC=C1)C1CCCCC1. The molecule has 3 aliphatic carbocycles. The molecular formula is C24H41PSi2. The Morgan fingerprint density at radius 1 is 0.963 bits per heavy atom. The summed E-state index contributed by atoms with van der Waals surface area (Å²) >= 11 is 0. The van der Waals surface area contributed by atoms with E-state index in [9.17, 15) is 0 Å². The average Bonchev–Trinajstić information content (AvgIpc) is 3.23. The molecule has 150 valence electrons. The molecule has 27 heavy (non-hydrogen) atoms. The summed E-state index contributed by atoms with van der Waals surface area (Å²) in [7, 11) is -2.29. The molecule has 0 aromatic heterocycles. The van der Waals surface area contributed by atoms with Crippen LogP contribution in [0, 0.1) is 5.92 Å². The molecule has 3 aliphatic rings. The first-order chi connectivity index (χ1) is 12.7. The van der Waals surface area contributed by atoms with E-state index in [-0.39, 0.29) is 7.92 Å². The van der Waals surface area contributed by atoms with Gasteiger partial charge in [0.1, 0.15) is 0 Å². The molecule has 0 aromatic rings. The van der Waals surface area contributed by atoms with Gasteiger partial charge in [0, 0.05) is 0 Å². The monoisotopic (exact) mass is 416 g/mol. The molecule has 0 heterocycles. The van der Waals surface area contributed by atoms with Crippen molar-refractivity contribution in [3.63, 3.8) is 0 Å². The molecule has 3 rings (SSSR count). The smallest absolute Gasteiger partial charge is 0.0732 e. The summed E-state index contributed by atoms with van der Waals surface area (Å²) in [5, 5.41) is 3.67. The minimum atomic E-state index is -1.20. The number of rotatable bonds is 7. The van der Waals surface area contributed by atoms with E-state index in [1.165, 1.54) is 50.8 Å². The summed E-state index contributed by atoms with van der Waals surface area (Å²) in [6.07, 6.45) is 24.0. The van der Waals surface area contributed by atoms with E-state index in [0.29, 0.717) is 0 Å². The summed E-state index contributed by atoms with van der Waals surface area (Å²) in [6, 6.07) is 0. The Kier molecular flexibility index (Phi) is 6.92. The zero-order valence-corrected chi connectivity index (χ0v) is 21.5. The highest BCUT2D eigenvalue weighted by Crippen LogP contribution is 2.53. The topological polar surface area (TPSA) is 0 Å². The van der Waals surface area contributed by atoms with E-state index in [1.807, 2.05) is 10.4 Å². The van der Waals surface area contributed by atoms with E-state index in [4.69, 9.17) is 0 Å². The fourth-order valence-electron chi connectivity index (χ4n) is 5.23. The predicted molar refractivity (Wildman–Crippen MR) is 132 cm³/mol. The van der Waals surface area contributed by atoms with Crippen molar-refractivity contribution in [1.29, 1.82) is 0 Å².